The molecule has 5 heteroatoms. The van der Waals surface area contributed by atoms with Crippen molar-refractivity contribution in [1.29, 1.82) is 0 Å². The van der Waals surface area contributed by atoms with E-state index in [2.05, 4.69) is 38.0 Å². The molecule has 152 valence electrons. The van der Waals surface area contributed by atoms with Crippen LogP contribution in [0.4, 0.5) is 0 Å². The highest BCUT2D eigenvalue weighted by atomic mass is 79.9. The van der Waals surface area contributed by atoms with Gasteiger partial charge in [0.2, 0.25) is 5.88 Å². The minimum absolute atomic E-state index is 0.201. The third-order valence-corrected chi connectivity index (χ3v) is 5.83. The van der Waals surface area contributed by atoms with E-state index >= 15 is 0 Å². The van der Waals surface area contributed by atoms with Gasteiger partial charge in [0, 0.05) is 41.1 Å². The molecule has 0 radical (unpaired) electrons. The molecular weight excluding hydrogens is 440 g/mol. The molecule has 0 unspecified atom stereocenters. The Balaban J connectivity index is 1.34. The highest BCUT2D eigenvalue weighted by Crippen LogP contribution is 2.33. The summed E-state index contributed by atoms with van der Waals surface area (Å²) >= 11 is 3.38. The van der Waals surface area contributed by atoms with Crippen LogP contribution in [0.15, 0.2) is 77.2 Å². The number of carbonyl (C=O) groups excluding carboxylic acids is 1. The quantitative estimate of drug-likeness (QED) is 0.374. The Morgan fingerprint density at radius 2 is 1.97 bits per heavy atom. The number of hydrogen-bond donors (Lipinski definition) is 0. The number of ether oxygens (including phenoxy) is 1. The molecule has 0 amide bonds. The minimum Gasteiger partial charge on any atom is -0.439 e. The van der Waals surface area contributed by atoms with Crippen molar-refractivity contribution in [3.8, 4) is 11.6 Å². The Morgan fingerprint density at radius 3 is 2.70 bits per heavy atom. The van der Waals surface area contributed by atoms with E-state index in [1.807, 2.05) is 42.5 Å². The van der Waals surface area contributed by atoms with Crippen LogP contribution in [0, 0.1) is 5.92 Å². The Hall–Kier alpha value is -2.79. The molecule has 0 atom stereocenters. The van der Waals surface area contributed by atoms with Crippen molar-refractivity contribution in [2.24, 2.45) is 5.92 Å². The third-order valence-electron chi connectivity index (χ3n) is 5.36. The molecule has 2 aromatic heterocycles. The number of hydrogen-bond acceptors (Lipinski definition) is 4. The minimum atomic E-state index is 0.201. The molecule has 0 aliphatic heterocycles. The fraction of sp³-hybridized carbons (Fsp3) is 0.240. The summed E-state index contributed by atoms with van der Waals surface area (Å²) in [5.41, 5.74) is 3.28. The zero-order chi connectivity index (χ0) is 20.8. The van der Waals surface area contributed by atoms with Gasteiger partial charge in [0.15, 0.2) is 5.78 Å². The molecule has 1 fully saturated rings. The maximum absolute atomic E-state index is 12.4. The third kappa shape index (κ3) is 5.63. The number of halogens is 1. The first kappa shape index (κ1) is 20.5. The van der Waals surface area contributed by atoms with Crippen LogP contribution in [-0.2, 0) is 0 Å². The maximum atomic E-state index is 12.4. The first-order chi connectivity index (χ1) is 14.7. The summed E-state index contributed by atoms with van der Waals surface area (Å²) in [5, 5.41) is 0. The molecular formula is C25H23BrN2O2. The maximum Gasteiger partial charge on any atom is 0.219 e. The number of benzene rings is 1. The van der Waals surface area contributed by atoms with Crippen molar-refractivity contribution in [1.82, 2.24) is 9.97 Å². The van der Waals surface area contributed by atoms with Crippen molar-refractivity contribution in [2.45, 2.75) is 32.1 Å². The SMILES string of the molecule is O=C(CC1CCC(=Cc2cccc(Oc3ccc(Br)cn3)c2)CC1)c1cccnc1. The topological polar surface area (TPSA) is 52.1 Å². The van der Waals surface area contributed by atoms with Crippen molar-refractivity contribution in [3.63, 3.8) is 0 Å². The lowest BCUT2D eigenvalue weighted by atomic mass is 9.82. The second kappa shape index (κ2) is 9.81. The van der Waals surface area contributed by atoms with Crippen molar-refractivity contribution in [3.05, 3.63) is 88.3 Å². The molecule has 1 aliphatic carbocycles. The van der Waals surface area contributed by atoms with Crippen molar-refractivity contribution < 1.29 is 9.53 Å². The summed E-state index contributed by atoms with van der Waals surface area (Å²) in [5.74, 6) is 2.00. The summed E-state index contributed by atoms with van der Waals surface area (Å²) < 4.78 is 6.78. The molecule has 1 saturated carbocycles. The lowest BCUT2D eigenvalue weighted by Gasteiger charge is -2.23. The summed E-state index contributed by atoms with van der Waals surface area (Å²) in [4.78, 5) is 20.7. The predicted molar refractivity (Wildman–Crippen MR) is 122 cm³/mol. The number of carbonyl (C=O) groups is 1. The van der Waals surface area contributed by atoms with Crippen LogP contribution in [0.5, 0.6) is 11.6 Å². The average Bonchev–Trinajstić information content (AvgIpc) is 2.78. The van der Waals surface area contributed by atoms with Crippen molar-refractivity contribution >= 4 is 27.8 Å². The molecule has 1 aliphatic rings. The van der Waals surface area contributed by atoms with Gasteiger partial charge in [-0.2, -0.15) is 0 Å². The second-order valence-corrected chi connectivity index (χ2v) is 8.52. The Bertz CT molecular complexity index is 1020. The normalized spacial score (nSPS) is 16.2. The summed E-state index contributed by atoms with van der Waals surface area (Å²) in [6.45, 7) is 0. The van der Waals surface area contributed by atoms with Crippen molar-refractivity contribution in [2.75, 3.05) is 0 Å². The van der Waals surface area contributed by atoms with E-state index in [4.69, 9.17) is 4.74 Å². The fourth-order valence-corrected chi connectivity index (χ4v) is 3.99. The Labute approximate surface area is 185 Å². The molecule has 0 saturated heterocycles. The van der Waals surface area contributed by atoms with Gasteiger partial charge >= 0.3 is 0 Å². The standard InChI is InChI=1S/C25H23BrN2O2/c26-22-10-11-25(28-17-22)30-23-5-1-3-20(14-23)13-18-6-8-19(9-7-18)15-24(29)21-4-2-12-27-16-21/h1-5,10-14,16-17,19H,6-9,15H2. The van der Waals surface area contributed by atoms with Gasteiger partial charge in [0.05, 0.1) is 0 Å². The molecule has 3 aromatic rings. The van der Waals surface area contributed by atoms with Gasteiger partial charge in [-0.25, -0.2) is 4.98 Å². The molecule has 0 spiro atoms. The van der Waals surface area contributed by atoms with Crippen LogP contribution in [0.1, 0.15) is 48.0 Å². The van der Waals surface area contributed by atoms with Crippen LogP contribution >= 0.6 is 15.9 Å². The zero-order valence-corrected chi connectivity index (χ0v) is 18.2. The Kier molecular flexibility index (Phi) is 6.70. The number of aromatic nitrogens is 2. The van der Waals surface area contributed by atoms with Gasteiger partial charge in [-0.15, -0.1) is 0 Å². The number of rotatable bonds is 6. The summed E-state index contributed by atoms with van der Waals surface area (Å²) in [6.07, 6.45) is 12.1. The van der Waals surface area contributed by atoms with E-state index < -0.39 is 0 Å². The molecule has 4 nitrogen and oxygen atoms in total. The van der Waals surface area contributed by atoms with E-state index in [1.165, 1.54) is 5.57 Å². The smallest absolute Gasteiger partial charge is 0.219 e. The Morgan fingerprint density at radius 1 is 1.10 bits per heavy atom. The van der Waals surface area contributed by atoms with Crippen LogP contribution < -0.4 is 4.74 Å². The number of allylic oxidation sites excluding steroid dienone is 1. The molecule has 4 rings (SSSR count). The average molecular weight is 463 g/mol. The summed E-state index contributed by atoms with van der Waals surface area (Å²) in [6, 6.07) is 15.5. The molecule has 2 heterocycles. The lowest BCUT2D eigenvalue weighted by Crippen LogP contribution is -2.13. The highest BCUT2D eigenvalue weighted by Gasteiger charge is 2.20. The number of pyridine rings is 2. The van der Waals surface area contributed by atoms with Gasteiger partial charge in [-0.3, -0.25) is 9.78 Å². The van der Waals surface area contributed by atoms with E-state index in [9.17, 15) is 4.79 Å². The molecule has 1 aromatic carbocycles. The van der Waals surface area contributed by atoms with E-state index in [0.717, 1.165) is 47.0 Å². The first-order valence-corrected chi connectivity index (χ1v) is 11.0. The molecule has 0 bridgehead atoms. The predicted octanol–water partition coefficient (Wildman–Crippen LogP) is 6.88. The van der Waals surface area contributed by atoms with Crippen LogP contribution in [-0.4, -0.2) is 15.8 Å². The summed E-state index contributed by atoms with van der Waals surface area (Å²) in [7, 11) is 0. The van der Waals surface area contributed by atoms with Crippen LogP contribution in [0.25, 0.3) is 6.08 Å². The van der Waals surface area contributed by atoms with E-state index in [1.54, 1.807) is 18.6 Å². The van der Waals surface area contributed by atoms with Gasteiger partial charge in [0.1, 0.15) is 5.75 Å². The second-order valence-electron chi connectivity index (χ2n) is 7.60. The van der Waals surface area contributed by atoms with E-state index in [0.29, 0.717) is 18.2 Å². The largest absolute Gasteiger partial charge is 0.439 e. The number of Topliss-reactive ketones (excluding diaryl/α,β-unsaturated/α-hetero) is 1. The number of nitrogens with zero attached hydrogens (tertiary/aromatic N) is 2. The lowest BCUT2D eigenvalue weighted by molar-refractivity contribution is 0.0953. The molecule has 30 heavy (non-hydrogen) atoms. The van der Waals surface area contributed by atoms with Crippen LogP contribution in [0.2, 0.25) is 0 Å². The number of ketones is 1. The van der Waals surface area contributed by atoms with Gasteiger partial charge in [0.25, 0.3) is 0 Å². The van der Waals surface area contributed by atoms with Gasteiger partial charge in [-0.05, 0) is 83.4 Å². The zero-order valence-electron chi connectivity index (χ0n) is 16.6. The molecule has 0 N–H and O–H groups in total. The van der Waals surface area contributed by atoms with Crippen LogP contribution in [0.3, 0.4) is 0 Å². The van der Waals surface area contributed by atoms with Gasteiger partial charge < -0.3 is 4.74 Å². The van der Waals surface area contributed by atoms with E-state index in [-0.39, 0.29) is 5.78 Å². The fourth-order valence-electron chi connectivity index (χ4n) is 3.75. The first-order valence-electron chi connectivity index (χ1n) is 10.2. The highest BCUT2D eigenvalue weighted by molar-refractivity contribution is 9.10. The van der Waals surface area contributed by atoms with Gasteiger partial charge in [-0.1, -0.05) is 23.8 Å². The monoisotopic (exact) mass is 462 g/mol.